The lowest BCUT2D eigenvalue weighted by Crippen LogP contribution is -2.41. The van der Waals surface area contributed by atoms with Gasteiger partial charge in [-0.2, -0.15) is 0 Å². The lowest BCUT2D eigenvalue weighted by molar-refractivity contribution is -0.154. The van der Waals surface area contributed by atoms with Crippen LogP contribution in [0, 0.1) is 0 Å². The normalized spacial score (nSPS) is 16.2. The van der Waals surface area contributed by atoms with Crippen LogP contribution in [0.4, 0.5) is 0 Å². The fourth-order valence-electron chi connectivity index (χ4n) is 3.41. The lowest BCUT2D eigenvalue weighted by Gasteiger charge is -2.27. The zero-order valence-electron chi connectivity index (χ0n) is 16.4. The van der Waals surface area contributed by atoms with Crippen molar-refractivity contribution < 1.29 is 19.1 Å². The van der Waals surface area contributed by atoms with Gasteiger partial charge in [-0.05, 0) is 55.5 Å². The molecule has 1 aliphatic carbocycles. The fourth-order valence-corrected chi connectivity index (χ4v) is 3.90. The molecule has 2 unspecified atom stereocenters. The molecule has 0 fully saturated rings. The molecule has 0 saturated carbocycles. The Morgan fingerprint density at radius 2 is 1.93 bits per heavy atom. The molecule has 0 saturated heterocycles. The van der Waals surface area contributed by atoms with Crippen molar-refractivity contribution in [1.82, 2.24) is 10.6 Å². The van der Waals surface area contributed by atoms with Crippen molar-refractivity contribution in [2.75, 3.05) is 6.54 Å². The molecule has 3 rings (SSSR count). The number of ether oxygens (including phenoxy) is 1. The minimum atomic E-state index is -0.984. The molecule has 0 radical (unpaired) electrons. The van der Waals surface area contributed by atoms with Gasteiger partial charge in [0.1, 0.15) is 6.54 Å². The summed E-state index contributed by atoms with van der Waals surface area (Å²) in [5, 5.41) is 5.95. The van der Waals surface area contributed by atoms with Crippen molar-refractivity contribution in [3.05, 3.63) is 69.2 Å². The third-order valence-corrected chi connectivity index (χ3v) is 5.48. The van der Waals surface area contributed by atoms with Crippen LogP contribution in [0.2, 0.25) is 10.0 Å². The molecule has 6 nitrogen and oxygen atoms in total. The first-order chi connectivity index (χ1) is 14.3. The molecule has 30 heavy (non-hydrogen) atoms. The number of benzene rings is 2. The average Bonchev–Trinajstić information content (AvgIpc) is 2.72. The van der Waals surface area contributed by atoms with E-state index in [1.165, 1.54) is 30.7 Å². The molecule has 0 aromatic heterocycles. The number of rotatable bonds is 6. The fraction of sp³-hybridized carbons (Fsp3) is 0.318. The number of nitrogens with one attached hydrogen (secondary N) is 2. The zero-order valence-corrected chi connectivity index (χ0v) is 17.9. The van der Waals surface area contributed by atoms with E-state index in [0.29, 0.717) is 5.02 Å². The van der Waals surface area contributed by atoms with E-state index >= 15 is 0 Å². The monoisotopic (exact) mass is 448 g/mol. The summed E-state index contributed by atoms with van der Waals surface area (Å²) in [4.78, 5) is 36.7. The molecule has 0 bridgehead atoms. The first kappa shape index (κ1) is 22.1. The molecule has 2 N–H and O–H groups in total. The quantitative estimate of drug-likeness (QED) is 0.657. The molecule has 0 heterocycles. The molecule has 0 spiro atoms. The number of esters is 1. The number of carbonyl (C=O) groups excluding carboxylic acids is 3. The van der Waals surface area contributed by atoms with Crippen molar-refractivity contribution in [2.24, 2.45) is 0 Å². The number of amides is 2. The summed E-state index contributed by atoms with van der Waals surface area (Å²) in [5.74, 6) is -1.64. The highest BCUT2D eigenvalue weighted by Gasteiger charge is 2.25. The number of hydrogen-bond donors (Lipinski definition) is 2. The van der Waals surface area contributed by atoms with E-state index in [4.69, 9.17) is 27.9 Å². The zero-order chi connectivity index (χ0) is 21.7. The van der Waals surface area contributed by atoms with E-state index < -0.39 is 18.0 Å². The van der Waals surface area contributed by atoms with E-state index in [-0.39, 0.29) is 29.1 Å². The SMILES string of the molecule is CC(OC(=O)CNC(=O)c1ccc(Cl)cc1Cl)C(=O)NC1CCCc2ccccc21. The van der Waals surface area contributed by atoms with Gasteiger partial charge >= 0.3 is 5.97 Å². The number of carbonyl (C=O) groups is 3. The average molecular weight is 449 g/mol. The molecule has 2 atom stereocenters. The number of aryl methyl sites for hydroxylation is 1. The third kappa shape index (κ3) is 5.52. The summed E-state index contributed by atoms with van der Waals surface area (Å²) in [6.45, 7) is 1.11. The van der Waals surface area contributed by atoms with Gasteiger partial charge in [0.25, 0.3) is 11.8 Å². The molecule has 2 amide bonds. The first-order valence-electron chi connectivity index (χ1n) is 9.66. The van der Waals surface area contributed by atoms with Crippen LogP contribution in [-0.2, 0) is 20.7 Å². The van der Waals surface area contributed by atoms with Crippen LogP contribution in [0.25, 0.3) is 0 Å². The van der Waals surface area contributed by atoms with Crippen molar-refractivity contribution in [1.29, 1.82) is 0 Å². The second-order valence-corrected chi connectivity index (χ2v) is 7.93. The van der Waals surface area contributed by atoms with Crippen molar-refractivity contribution in [3.8, 4) is 0 Å². The Hall–Kier alpha value is -2.57. The van der Waals surface area contributed by atoms with E-state index in [1.807, 2.05) is 18.2 Å². The van der Waals surface area contributed by atoms with Crippen LogP contribution in [0.5, 0.6) is 0 Å². The maximum Gasteiger partial charge on any atom is 0.326 e. The first-order valence-corrected chi connectivity index (χ1v) is 10.4. The maximum atomic E-state index is 12.5. The summed E-state index contributed by atoms with van der Waals surface area (Å²) in [6, 6.07) is 12.3. The molecular weight excluding hydrogens is 427 g/mol. The van der Waals surface area contributed by atoms with Crippen LogP contribution in [0.3, 0.4) is 0 Å². The highest BCUT2D eigenvalue weighted by atomic mass is 35.5. The van der Waals surface area contributed by atoms with Gasteiger partial charge < -0.3 is 15.4 Å². The summed E-state index contributed by atoms with van der Waals surface area (Å²) in [7, 11) is 0. The largest absolute Gasteiger partial charge is 0.451 e. The maximum absolute atomic E-state index is 12.5. The Morgan fingerprint density at radius 1 is 1.17 bits per heavy atom. The van der Waals surface area contributed by atoms with Gasteiger partial charge in [0.15, 0.2) is 6.10 Å². The minimum absolute atomic E-state index is 0.102. The Morgan fingerprint density at radius 3 is 2.70 bits per heavy atom. The molecule has 1 aliphatic rings. The van der Waals surface area contributed by atoms with Crippen molar-refractivity contribution in [2.45, 2.75) is 38.3 Å². The van der Waals surface area contributed by atoms with Gasteiger partial charge in [-0.3, -0.25) is 14.4 Å². The van der Waals surface area contributed by atoms with Gasteiger partial charge in [0.05, 0.1) is 16.6 Å². The van der Waals surface area contributed by atoms with Gasteiger partial charge in [-0.15, -0.1) is 0 Å². The molecule has 2 aromatic rings. The van der Waals surface area contributed by atoms with Crippen LogP contribution < -0.4 is 10.6 Å². The summed E-state index contributed by atoms with van der Waals surface area (Å²) >= 11 is 11.8. The van der Waals surface area contributed by atoms with Gasteiger partial charge in [-0.25, -0.2) is 0 Å². The van der Waals surface area contributed by atoms with E-state index in [2.05, 4.69) is 16.7 Å². The molecule has 0 aliphatic heterocycles. The Bertz CT molecular complexity index is 964. The second-order valence-electron chi connectivity index (χ2n) is 7.09. The third-order valence-electron chi connectivity index (χ3n) is 4.93. The van der Waals surface area contributed by atoms with Crippen LogP contribution in [0.1, 0.15) is 47.3 Å². The van der Waals surface area contributed by atoms with Crippen molar-refractivity contribution >= 4 is 41.0 Å². The standard InChI is InChI=1S/C22H22Cl2N2O4/c1-13(21(28)26-19-8-4-6-14-5-2-3-7-16(14)19)30-20(27)12-25-22(29)17-10-9-15(23)11-18(17)24/h2-3,5,7,9-11,13,19H,4,6,8,12H2,1H3,(H,25,29)(H,26,28). The number of halogens is 2. The topological polar surface area (TPSA) is 84.5 Å². The summed E-state index contributed by atoms with van der Waals surface area (Å²) in [5.41, 5.74) is 2.51. The van der Waals surface area contributed by atoms with E-state index in [0.717, 1.165) is 24.8 Å². The molecular formula is C22H22Cl2N2O4. The van der Waals surface area contributed by atoms with Crippen LogP contribution in [0.15, 0.2) is 42.5 Å². The molecule has 158 valence electrons. The Kier molecular flexibility index (Phi) is 7.34. The number of hydrogen-bond acceptors (Lipinski definition) is 4. The Balaban J connectivity index is 1.49. The van der Waals surface area contributed by atoms with E-state index in [9.17, 15) is 14.4 Å². The van der Waals surface area contributed by atoms with Crippen molar-refractivity contribution in [3.63, 3.8) is 0 Å². The van der Waals surface area contributed by atoms with Crippen LogP contribution in [-0.4, -0.2) is 30.4 Å². The smallest absolute Gasteiger partial charge is 0.326 e. The van der Waals surface area contributed by atoms with Gasteiger partial charge in [0, 0.05) is 5.02 Å². The predicted octanol–water partition coefficient (Wildman–Crippen LogP) is 3.85. The minimum Gasteiger partial charge on any atom is -0.451 e. The summed E-state index contributed by atoms with van der Waals surface area (Å²) < 4.78 is 5.16. The Labute approximate surface area is 184 Å². The lowest BCUT2D eigenvalue weighted by atomic mass is 9.87. The van der Waals surface area contributed by atoms with Gasteiger partial charge in [-0.1, -0.05) is 47.5 Å². The second kappa shape index (κ2) is 9.96. The number of fused-ring (bicyclic) bond motifs is 1. The van der Waals surface area contributed by atoms with Gasteiger partial charge in [0.2, 0.25) is 0 Å². The highest BCUT2D eigenvalue weighted by Crippen LogP contribution is 2.29. The highest BCUT2D eigenvalue weighted by molar-refractivity contribution is 6.36. The predicted molar refractivity (Wildman–Crippen MR) is 115 cm³/mol. The summed E-state index contributed by atoms with van der Waals surface area (Å²) in [6.07, 6.45) is 1.82. The molecule has 8 heteroatoms. The van der Waals surface area contributed by atoms with E-state index in [1.54, 1.807) is 0 Å². The van der Waals surface area contributed by atoms with Crippen LogP contribution >= 0.6 is 23.2 Å². The molecule has 2 aromatic carbocycles.